The second-order valence-electron chi connectivity index (χ2n) is 9.40. The molecule has 3 N–H and O–H groups in total. The van der Waals surface area contributed by atoms with Crippen molar-refractivity contribution in [3.63, 3.8) is 0 Å². The third kappa shape index (κ3) is 5.14. The molecule has 4 aromatic rings. The van der Waals surface area contributed by atoms with E-state index >= 15 is 0 Å². The number of nitrogens with one attached hydrogen (secondary N) is 3. The monoisotopic (exact) mass is 511 g/mol. The number of amides is 1. The van der Waals surface area contributed by atoms with E-state index in [0.29, 0.717) is 43.8 Å². The van der Waals surface area contributed by atoms with Gasteiger partial charge in [0.1, 0.15) is 5.82 Å². The Morgan fingerprint density at radius 3 is 2.61 bits per heavy atom. The standard InChI is InChI=1S/C28H29N7O3/c1-18(35-9-11-37-12-10-35)28(36)32-23-4-2-3-20(13-23)26-33-25-17-38-16-24(25)27(34-26)31-22-7-5-19(6-8-22)21-14-29-30-15-21/h2-8,13-15,18H,9-12,16-17H2,1H3,(H,29,30)(H,32,36)(H,31,33,34). The third-order valence-corrected chi connectivity index (χ3v) is 6.92. The Kier molecular flexibility index (Phi) is 6.82. The van der Waals surface area contributed by atoms with E-state index in [-0.39, 0.29) is 11.9 Å². The lowest BCUT2D eigenvalue weighted by molar-refractivity contribution is -0.122. The Morgan fingerprint density at radius 1 is 0.974 bits per heavy atom. The Hall–Kier alpha value is -4.12. The number of hydrogen-bond donors (Lipinski definition) is 3. The molecule has 2 aliphatic rings. The summed E-state index contributed by atoms with van der Waals surface area (Å²) in [5, 5.41) is 13.4. The van der Waals surface area contributed by atoms with Crippen molar-refractivity contribution in [1.29, 1.82) is 0 Å². The van der Waals surface area contributed by atoms with Gasteiger partial charge >= 0.3 is 0 Å². The first kappa shape index (κ1) is 24.2. The highest BCUT2D eigenvalue weighted by molar-refractivity contribution is 5.95. The van der Waals surface area contributed by atoms with E-state index in [9.17, 15) is 4.79 Å². The van der Waals surface area contributed by atoms with Crippen molar-refractivity contribution in [1.82, 2.24) is 25.1 Å². The molecular formula is C28H29N7O3. The molecule has 1 fully saturated rings. The van der Waals surface area contributed by atoms with Crippen molar-refractivity contribution in [2.45, 2.75) is 26.2 Å². The molecule has 1 unspecified atom stereocenters. The zero-order valence-electron chi connectivity index (χ0n) is 21.1. The summed E-state index contributed by atoms with van der Waals surface area (Å²) in [6, 6.07) is 15.5. The average Bonchev–Trinajstić information content (AvgIpc) is 3.67. The summed E-state index contributed by atoms with van der Waals surface area (Å²) in [6.45, 7) is 5.62. The number of ether oxygens (including phenoxy) is 2. The normalized spacial score (nSPS) is 16.1. The van der Waals surface area contributed by atoms with Crippen LogP contribution in [0.15, 0.2) is 60.9 Å². The molecular weight excluding hydrogens is 482 g/mol. The van der Waals surface area contributed by atoms with Crippen LogP contribution in [0.2, 0.25) is 0 Å². The van der Waals surface area contributed by atoms with Gasteiger partial charge in [0.2, 0.25) is 5.91 Å². The molecule has 1 atom stereocenters. The first-order valence-corrected chi connectivity index (χ1v) is 12.7. The van der Waals surface area contributed by atoms with Gasteiger partial charge in [-0.25, -0.2) is 9.97 Å². The summed E-state index contributed by atoms with van der Waals surface area (Å²) in [5.74, 6) is 1.24. The molecule has 194 valence electrons. The minimum absolute atomic E-state index is 0.0476. The molecule has 2 aliphatic heterocycles. The second kappa shape index (κ2) is 10.7. The van der Waals surface area contributed by atoms with Crippen LogP contribution in [0.3, 0.4) is 0 Å². The number of fused-ring (bicyclic) bond motifs is 1. The topological polar surface area (TPSA) is 117 Å². The van der Waals surface area contributed by atoms with Crippen LogP contribution in [0.5, 0.6) is 0 Å². The summed E-state index contributed by atoms with van der Waals surface area (Å²) < 4.78 is 11.1. The minimum Gasteiger partial charge on any atom is -0.379 e. The number of aromatic nitrogens is 4. The van der Waals surface area contributed by atoms with Crippen LogP contribution in [-0.4, -0.2) is 63.3 Å². The van der Waals surface area contributed by atoms with E-state index in [2.05, 4.69) is 25.7 Å². The zero-order valence-corrected chi connectivity index (χ0v) is 21.1. The van der Waals surface area contributed by atoms with Crippen molar-refractivity contribution in [3.8, 4) is 22.5 Å². The predicted molar refractivity (Wildman–Crippen MR) is 144 cm³/mol. The fourth-order valence-corrected chi connectivity index (χ4v) is 4.69. The molecule has 1 amide bonds. The molecule has 10 heteroatoms. The molecule has 6 rings (SSSR count). The molecule has 0 spiro atoms. The lowest BCUT2D eigenvalue weighted by Crippen LogP contribution is -2.47. The number of H-pyrrole nitrogens is 1. The number of carbonyl (C=O) groups excluding carboxylic acids is 1. The zero-order chi connectivity index (χ0) is 25.9. The van der Waals surface area contributed by atoms with Gasteiger partial charge in [0.15, 0.2) is 5.82 Å². The van der Waals surface area contributed by atoms with Crippen LogP contribution in [0.25, 0.3) is 22.5 Å². The number of morpholine rings is 1. The first-order chi connectivity index (χ1) is 18.6. The van der Waals surface area contributed by atoms with Gasteiger partial charge in [-0.05, 0) is 36.8 Å². The highest BCUT2D eigenvalue weighted by Gasteiger charge is 2.24. The van der Waals surface area contributed by atoms with Crippen molar-refractivity contribution in [3.05, 3.63) is 72.2 Å². The fraction of sp³-hybridized carbons (Fsp3) is 0.286. The smallest absolute Gasteiger partial charge is 0.241 e. The average molecular weight is 512 g/mol. The lowest BCUT2D eigenvalue weighted by Gasteiger charge is -2.31. The van der Waals surface area contributed by atoms with E-state index < -0.39 is 0 Å². The number of rotatable bonds is 7. The fourth-order valence-electron chi connectivity index (χ4n) is 4.69. The largest absolute Gasteiger partial charge is 0.379 e. The SMILES string of the molecule is CC(C(=O)Nc1cccc(-c2nc3c(c(Nc4ccc(-c5cn[nH]c5)cc4)n2)COC3)c1)N1CCOCC1. The third-order valence-electron chi connectivity index (χ3n) is 6.92. The van der Waals surface area contributed by atoms with Gasteiger partial charge in [-0.2, -0.15) is 5.10 Å². The molecule has 10 nitrogen and oxygen atoms in total. The Labute approximate surface area is 220 Å². The second-order valence-corrected chi connectivity index (χ2v) is 9.40. The molecule has 2 aromatic carbocycles. The number of nitrogens with zero attached hydrogens (tertiary/aromatic N) is 4. The Balaban J connectivity index is 1.22. The summed E-state index contributed by atoms with van der Waals surface area (Å²) in [5.41, 5.74) is 6.35. The van der Waals surface area contributed by atoms with Crippen molar-refractivity contribution >= 4 is 23.1 Å². The summed E-state index contributed by atoms with van der Waals surface area (Å²) in [4.78, 5) is 24.7. The number of carbonyl (C=O) groups is 1. The number of anilines is 3. The molecule has 0 bridgehead atoms. The molecule has 4 heterocycles. The van der Waals surface area contributed by atoms with Gasteiger partial charge in [0.05, 0.1) is 44.4 Å². The first-order valence-electron chi connectivity index (χ1n) is 12.7. The Morgan fingerprint density at radius 2 is 1.82 bits per heavy atom. The summed E-state index contributed by atoms with van der Waals surface area (Å²) in [6.07, 6.45) is 3.66. The van der Waals surface area contributed by atoms with E-state index in [4.69, 9.17) is 19.4 Å². The molecule has 0 aliphatic carbocycles. The lowest BCUT2D eigenvalue weighted by atomic mass is 10.1. The molecule has 2 aromatic heterocycles. The van der Waals surface area contributed by atoms with Crippen LogP contribution in [0, 0.1) is 0 Å². The van der Waals surface area contributed by atoms with Crippen molar-refractivity contribution < 1.29 is 14.3 Å². The van der Waals surface area contributed by atoms with Gasteiger partial charge in [0.25, 0.3) is 0 Å². The van der Waals surface area contributed by atoms with Crippen LogP contribution in [0.4, 0.5) is 17.2 Å². The molecule has 1 saturated heterocycles. The van der Waals surface area contributed by atoms with E-state index in [1.807, 2.05) is 61.7 Å². The van der Waals surface area contributed by atoms with Crippen LogP contribution < -0.4 is 10.6 Å². The maximum absolute atomic E-state index is 12.9. The molecule has 38 heavy (non-hydrogen) atoms. The summed E-state index contributed by atoms with van der Waals surface area (Å²) in [7, 11) is 0. The highest BCUT2D eigenvalue weighted by atomic mass is 16.5. The van der Waals surface area contributed by atoms with Gasteiger partial charge in [-0.1, -0.05) is 24.3 Å². The number of benzene rings is 2. The minimum atomic E-state index is -0.244. The maximum atomic E-state index is 12.9. The van der Waals surface area contributed by atoms with Gasteiger partial charge < -0.3 is 20.1 Å². The van der Waals surface area contributed by atoms with Crippen LogP contribution in [0.1, 0.15) is 18.2 Å². The molecule has 0 saturated carbocycles. The molecule has 0 radical (unpaired) electrons. The van der Waals surface area contributed by atoms with Gasteiger partial charge in [0, 0.05) is 47.4 Å². The highest BCUT2D eigenvalue weighted by Crippen LogP contribution is 2.31. The van der Waals surface area contributed by atoms with Gasteiger partial charge in [-0.15, -0.1) is 0 Å². The quantitative estimate of drug-likeness (QED) is 0.341. The van der Waals surface area contributed by atoms with E-state index in [1.165, 1.54) is 0 Å². The summed E-state index contributed by atoms with van der Waals surface area (Å²) >= 11 is 0. The van der Waals surface area contributed by atoms with E-state index in [0.717, 1.165) is 46.7 Å². The predicted octanol–water partition coefficient (Wildman–Crippen LogP) is 3.97. The maximum Gasteiger partial charge on any atom is 0.241 e. The van der Waals surface area contributed by atoms with E-state index in [1.54, 1.807) is 6.20 Å². The Bertz CT molecular complexity index is 1420. The van der Waals surface area contributed by atoms with Crippen molar-refractivity contribution in [2.24, 2.45) is 0 Å². The van der Waals surface area contributed by atoms with Gasteiger partial charge in [-0.3, -0.25) is 14.8 Å². The van der Waals surface area contributed by atoms with Crippen LogP contribution >= 0.6 is 0 Å². The van der Waals surface area contributed by atoms with Crippen molar-refractivity contribution in [2.75, 3.05) is 36.9 Å². The number of hydrogen-bond acceptors (Lipinski definition) is 8. The number of aromatic amines is 1. The van der Waals surface area contributed by atoms with Crippen LogP contribution in [-0.2, 0) is 27.5 Å².